The van der Waals surface area contributed by atoms with Gasteiger partial charge in [-0.05, 0) is 31.7 Å². The van der Waals surface area contributed by atoms with Crippen LogP contribution in [-0.4, -0.2) is 36.1 Å². The van der Waals surface area contributed by atoms with Crippen molar-refractivity contribution in [3.63, 3.8) is 0 Å². The van der Waals surface area contributed by atoms with Crippen molar-refractivity contribution >= 4 is 11.6 Å². The van der Waals surface area contributed by atoms with Crippen LogP contribution >= 0.6 is 0 Å². The van der Waals surface area contributed by atoms with Gasteiger partial charge in [0, 0.05) is 13.1 Å². The number of phenols is 1. The number of rotatable bonds is 5. The van der Waals surface area contributed by atoms with Crippen LogP contribution in [0.5, 0.6) is 5.75 Å². The Morgan fingerprint density at radius 3 is 2.82 bits per heavy atom. The Labute approximate surface area is 101 Å². The van der Waals surface area contributed by atoms with E-state index in [4.69, 9.17) is 5.73 Å². The van der Waals surface area contributed by atoms with Crippen LogP contribution in [0.25, 0.3) is 0 Å². The molecule has 0 aliphatic heterocycles. The molecular weight excluding hydrogens is 218 g/mol. The van der Waals surface area contributed by atoms with Crippen molar-refractivity contribution in [2.75, 3.05) is 25.9 Å². The van der Waals surface area contributed by atoms with Crippen molar-refractivity contribution < 1.29 is 9.90 Å². The molecule has 0 saturated heterocycles. The normalized spacial score (nSPS) is 10.5. The van der Waals surface area contributed by atoms with E-state index in [9.17, 15) is 9.90 Å². The van der Waals surface area contributed by atoms with Crippen LogP contribution in [0.1, 0.15) is 12.5 Å². The second kappa shape index (κ2) is 6.10. The molecule has 0 spiro atoms. The Morgan fingerprint density at radius 2 is 2.24 bits per heavy atom. The zero-order chi connectivity index (χ0) is 12.8. The van der Waals surface area contributed by atoms with E-state index in [0.717, 1.165) is 5.56 Å². The number of aromatic hydroxyl groups is 1. The number of phenolic OH excluding ortho intramolecular Hbond substituents is 1. The van der Waals surface area contributed by atoms with Gasteiger partial charge in [-0.2, -0.15) is 0 Å². The minimum atomic E-state index is 0.00162. The molecule has 0 aliphatic rings. The third kappa shape index (κ3) is 4.32. The zero-order valence-corrected chi connectivity index (χ0v) is 10.2. The highest BCUT2D eigenvalue weighted by molar-refractivity contribution is 5.77. The number of nitrogens with zero attached hydrogens (tertiary/aromatic N) is 1. The summed E-state index contributed by atoms with van der Waals surface area (Å²) in [6.45, 7) is 3.48. The van der Waals surface area contributed by atoms with Crippen LogP contribution in [0.2, 0.25) is 0 Å². The molecule has 1 aromatic carbocycles. The van der Waals surface area contributed by atoms with E-state index in [-0.39, 0.29) is 11.7 Å². The third-order valence-corrected chi connectivity index (χ3v) is 2.33. The number of carbonyl (C=O) groups is 1. The second-order valence-electron chi connectivity index (χ2n) is 4.02. The third-order valence-electron chi connectivity index (χ3n) is 2.33. The molecule has 1 aromatic rings. The molecular formula is C12H19N3O2. The van der Waals surface area contributed by atoms with Gasteiger partial charge in [-0.25, -0.2) is 0 Å². The summed E-state index contributed by atoms with van der Waals surface area (Å²) in [7, 11) is 1.86. The predicted molar refractivity (Wildman–Crippen MR) is 67.5 cm³/mol. The van der Waals surface area contributed by atoms with Gasteiger partial charge < -0.3 is 16.2 Å². The Hall–Kier alpha value is -1.75. The summed E-state index contributed by atoms with van der Waals surface area (Å²) in [5.74, 6) is 0.0851. The first-order chi connectivity index (χ1) is 8.02. The number of benzene rings is 1. The number of nitrogen functional groups attached to an aromatic ring is 1. The molecule has 17 heavy (non-hydrogen) atoms. The van der Waals surface area contributed by atoms with Crippen molar-refractivity contribution in [3.05, 3.63) is 23.8 Å². The maximum absolute atomic E-state index is 11.3. The molecule has 0 bridgehead atoms. The molecule has 5 nitrogen and oxygen atoms in total. The Balaban J connectivity index is 2.53. The molecule has 4 N–H and O–H groups in total. The average Bonchev–Trinajstić information content (AvgIpc) is 2.23. The summed E-state index contributed by atoms with van der Waals surface area (Å²) in [5, 5.41) is 12.0. The lowest BCUT2D eigenvalue weighted by molar-refractivity contribution is -0.121. The molecule has 0 unspecified atom stereocenters. The van der Waals surface area contributed by atoms with E-state index < -0.39 is 0 Å². The minimum absolute atomic E-state index is 0.00162. The van der Waals surface area contributed by atoms with Gasteiger partial charge in [-0.3, -0.25) is 9.69 Å². The van der Waals surface area contributed by atoms with Crippen molar-refractivity contribution in [1.29, 1.82) is 0 Å². The lowest BCUT2D eigenvalue weighted by Gasteiger charge is -2.16. The first-order valence-electron chi connectivity index (χ1n) is 5.55. The van der Waals surface area contributed by atoms with Gasteiger partial charge in [0.15, 0.2) is 0 Å². The highest BCUT2D eigenvalue weighted by Gasteiger charge is 2.07. The van der Waals surface area contributed by atoms with Crippen molar-refractivity contribution in [1.82, 2.24) is 10.2 Å². The number of nitrogens with one attached hydrogen (secondary N) is 1. The standard InChI is InChI=1S/C12H19N3O2/c1-3-14-12(17)8-15(2)7-9-4-5-11(16)10(13)6-9/h4-6,16H,3,7-8,13H2,1-2H3,(H,14,17). The number of hydrogen-bond donors (Lipinski definition) is 3. The molecule has 1 amide bonds. The van der Waals surface area contributed by atoms with Crippen LogP contribution in [0.15, 0.2) is 18.2 Å². The number of amides is 1. The van der Waals surface area contributed by atoms with Gasteiger partial charge in [-0.1, -0.05) is 6.07 Å². The van der Waals surface area contributed by atoms with E-state index in [1.165, 1.54) is 0 Å². The van der Waals surface area contributed by atoms with Gasteiger partial charge in [0.05, 0.1) is 12.2 Å². The van der Waals surface area contributed by atoms with Crippen LogP contribution in [0.4, 0.5) is 5.69 Å². The smallest absolute Gasteiger partial charge is 0.234 e. The quantitative estimate of drug-likeness (QED) is 0.516. The molecule has 0 fully saturated rings. The summed E-state index contributed by atoms with van der Waals surface area (Å²) < 4.78 is 0. The Bertz CT molecular complexity index is 393. The molecule has 0 heterocycles. The van der Waals surface area contributed by atoms with E-state index in [2.05, 4.69) is 5.32 Å². The number of likely N-dealkylation sites (N-methyl/N-ethyl adjacent to an activating group) is 2. The number of anilines is 1. The van der Waals surface area contributed by atoms with Crippen molar-refractivity contribution in [2.45, 2.75) is 13.5 Å². The van der Waals surface area contributed by atoms with E-state index in [1.54, 1.807) is 18.2 Å². The Morgan fingerprint density at radius 1 is 1.53 bits per heavy atom. The second-order valence-corrected chi connectivity index (χ2v) is 4.02. The molecule has 5 heteroatoms. The fraction of sp³-hybridized carbons (Fsp3) is 0.417. The van der Waals surface area contributed by atoms with Gasteiger partial charge in [0.25, 0.3) is 0 Å². The van der Waals surface area contributed by atoms with Gasteiger partial charge in [0.1, 0.15) is 5.75 Å². The lowest BCUT2D eigenvalue weighted by atomic mass is 10.2. The largest absolute Gasteiger partial charge is 0.506 e. The summed E-state index contributed by atoms with van der Waals surface area (Å²) >= 11 is 0. The predicted octanol–water partition coefficient (Wildman–Crippen LogP) is 0.542. The van der Waals surface area contributed by atoms with Gasteiger partial charge >= 0.3 is 0 Å². The maximum atomic E-state index is 11.3. The van der Waals surface area contributed by atoms with Crippen LogP contribution in [-0.2, 0) is 11.3 Å². The topological polar surface area (TPSA) is 78.6 Å². The minimum Gasteiger partial charge on any atom is -0.506 e. The number of hydrogen-bond acceptors (Lipinski definition) is 4. The van der Waals surface area contributed by atoms with Crippen molar-refractivity contribution in [3.8, 4) is 5.75 Å². The van der Waals surface area contributed by atoms with E-state index in [0.29, 0.717) is 25.3 Å². The summed E-state index contributed by atoms with van der Waals surface area (Å²) in [5.41, 5.74) is 6.92. The molecule has 94 valence electrons. The zero-order valence-electron chi connectivity index (χ0n) is 10.2. The number of carbonyl (C=O) groups excluding carboxylic acids is 1. The summed E-state index contributed by atoms with van der Waals surface area (Å²) in [4.78, 5) is 13.2. The van der Waals surface area contributed by atoms with Gasteiger partial charge in [-0.15, -0.1) is 0 Å². The summed E-state index contributed by atoms with van der Waals surface area (Å²) in [6, 6.07) is 5.06. The van der Waals surface area contributed by atoms with Crippen LogP contribution < -0.4 is 11.1 Å². The average molecular weight is 237 g/mol. The molecule has 0 saturated carbocycles. The summed E-state index contributed by atoms with van der Waals surface area (Å²) in [6.07, 6.45) is 0. The fourth-order valence-electron chi connectivity index (χ4n) is 1.57. The highest BCUT2D eigenvalue weighted by atomic mass is 16.3. The monoisotopic (exact) mass is 237 g/mol. The van der Waals surface area contributed by atoms with Crippen LogP contribution in [0, 0.1) is 0 Å². The SMILES string of the molecule is CCNC(=O)CN(C)Cc1ccc(O)c(N)c1. The Kier molecular flexibility index (Phi) is 4.78. The first-order valence-corrected chi connectivity index (χ1v) is 5.55. The van der Waals surface area contributed by atoms with E-state index >= 15 is 0 Å². The van der Waals surface area contributed by atoms with Crippen molar-refractivity contribution in [2.24, 2.45) is 0 Å². The molecule has 0 aliphatic carbocycles. The van der Waals surface area contributed by atoms with E-state index in [1.807, 2.05) is 18.9 Å². The van der Waals surface area contributed by atoms with Crippen LogP contribution in [0.3, 0.4) is 0 Å². The molecule has 0 aromatic heterocycles. The highest BCUT2D eigenvalue weighted by Crippen LogP contribution is 2.20. The molecule has 1 rings (SSSR count). The fourth-order valence-corrected chi connectivity index (χ4v) is 1.57. The van der Waals surface area contributed by atoms with Gasteiger partial charge in [0.2, 0.25) is 5.91 Å². The lowest BCUT2D eigenvalue weighted by Crippen LogP contribution is -2.34. The molecule has 0 atom stereocenters. The molecule has 0 radical (unpaired) electrons. The number of nitrogens with two attached hydrogens (primary N) is 1. The maximum Gasteiger partial charge on any atom is 0.234 e. The first kappa shape index (κ1) is 13.3.